The summed E-state index contributed by atoms with van der Waals surface area (Å²) in [6, 6.07) is 3.74. The molecule has 16 heavy (non-hydrogen) atoms. The fourth-order valence-electron chi connectivity index (χ4n) is 1.17. The summed E-state index contributed by atoms with van der Waals surface area (Å²) in [7, 11) is 0. The van der Waals surface area contributed by atoms with E-state index in [1.165, 1.54) is 12.1 Å². The molecule has 0 radical (unpaired) electrons. The van der Waals surface area contributed by atoms with E-state index in [2.05, 4.69) is 9.72 Å². The Morgan fingerprint density at radius 1 is 1.50 bits per heavy atom. The number of halogens is 2. The Labute approximate surface area is 87.3 Å². The van der Waals surface area contributed by atoms with Gasteiger partial charge in [0.15, 0.2) is 5.58 Å². The fourth-order valence-corrected chi connectivity index (χ4v) is 1.17. The van der Waals surface area contributed by atoms with Crippen molar-refractivity contribution in [3.05, 3.63) is 24.1 Å². The van der Waals surface area contributed by atoms with Crippen LogP contribution in [0, 0.1) is 0 Å². The zero-order chi connectivity index (χ0) is 11.7. The van der Waals surface area contributed by atoms with E-state index in [4.69, 9.17) is 9.52 Å². The number of carboxylic acid groups (broad SMARTS) is 1. The van der Waals surface area contributed by atoms with Gasteiger partial charge in [0.2, 0.25) is 0 Å². The fraction of sp³-hybridized carbons (Fsp3) is 0.111. The van der Waals surface area contributed by atoms with Gasteiger partial charge >= 0.3 is 18.5 Å². The van der Waals surface area contributed by atoms with Crippen LogP contribution in [0.25, 0.3) is 11.1 Å². The van der Waals surface area contributed by atoms with Gasteiger partial charge in [-0.2, -0.15) is 8.78 Å². The van der Waals surface area contributed by atoms with Crippen LogP contribution in [-0.4, -0.2) is 22.7 Å². The molecule has 0 fully saturated rings. The number of aromatic carboxylic acids is 1. The lowest BCUT2D eigenvalue weighted by molar-refractivity contribution is -0.0497. The van der Waals surface area contributed by atoms with Crippen molar-refractivity contribution in [2.45, 2.75) is 6.61 Å². The predicted molar refractivity (Wildman–Crippen MR) is 47.6 cm³/mol. The number of hydrogen-bond acceptors (Lipinski definition) is 4. The third-order valence-corrected chi connectivity index (χ3v) is 1.77. The third kappa shape index (κ3) is 1.92. The van der Waals surface area contributed by atoms with Gasteiger partial charge in [-0.05, 0) is 12.1 Å². The molecule has 84 valence electrons. The summed E-state index contributed by atoms with van der Waals surface area (Å²) >= 11 is 0. The maximum absolute atomic E-state index is 11.9. The molecule has 1 aromatic heterocycles. The number of alkyl halides is 2. The lowest BCUT2D eigenvalue weighted by Gasteiger charge is -2.02. The first kappa shape index (κ1) is 10.3. The van der Waals surface area contributed by atoms with Crippen LogP contribution >= 0.6 is 0 Å². The van der Waals surface area contributed by atoms with Gasteiger partial charge in [0.25, 0.3) is 0 Å². The van der Waals surface area contributed by atoms with Crippen LogP contribution in [-0.2, 0) is 0 Å². The van der Waals surface area contributed by atoms with E-state index in [0.29, 0.717) is 0 Å². The van der Waals surface area contributed by atoms with Crippen LogP contribution in [0.4, 0.5) is 8.78 Å². The quantitative estimate of drug-likeness (QED) is 0.872. The van der Waals surface area contributed by atoms with Crippen molar-refractivity contribution in [2.24, 2.45) is 0 Å². The molecule has 0 bridgehead atoms. The number of ether oxygens (including phenoxy) is 1. The average molecular weight is 229 g/mol. The van der Waals surface area contributed by atoms with Crippen LogP contribution < -0.4 is 4.74 Å². The van der Waals surface area contributed by atoms with Crippen molar-refractivity contribution in [2.75, 3.05) is 0 Å². The number of oxazole rings is 1. The maximum Gasteiger partial charge on any atom is 0.392 e. The number of nitrogens with zero attached hydrogens (tertiary/aromatic N) is 1. The number of fused-ring (bicyclic) bond motifs is 1. The van der Waals surface area contributed by atoms with Crippen molar-refractivity contribution in [3.63, 3.8) is 0 Å². The molecule has 1 aromatic carbocycles. The molecule has 0 aliphatic rings. The molecule has 0 saturated heterocycles. The molecular formula is C9H5F2NO4. The summed E-state index contributed by atoms with van der Waals surface area (Å²) in [6.45, 7) is -2.95. The summed E-state index contributed by atoms with van der Waals surface area (Å²) in [5.41, 5.74) is 0.342. The van der Waals surface area contributed by atoms with Gasteiger partial charge in [-0.3, -0.25) is 0 Å². The molecule has 0 spiro atoms. The smallest absolute Gasteiger partial charge is 0.392 e. The Morgan fingerprint density at radius 2 is 2.25 bits per heavy atom. The van der Waals surface area contributed by atoms with Crippen molar-refractivity contribution in [1.29, 1.82) is 0 Å². The monoisotopic (exact) mass is 229 g/mol. The van der Waals surface area contributed by atoms with Crippen LogP contribution in [0.2, 0.25) is 0 Å². The van der Waals surface area contributed by atoms with Crippen LogP contribution in [0.15, 0.2) is 22.6 Å². The second-order valence-corrected chi connectivity index (χ2v) is 2.83. The van der Waals surface area contributed by atoms with Gasteiger partial charge < -0.3 is 14.3 Å². The highest BCUT2D eigenvalue weighted by Crippen LogP contribution is 2.22. The lowest BCUT2D eigenvalue weighted by Crippen LogP contribution is -2.01. The highest BCUT2D eigenvalue weighted by molar-refractivity contribution is 5.86. The molecule has 2 aromatic rings. The van der Waals surface area contributed by atoms with Crippen LogP contribution in [0.5, 0.6) is 5.75 Å². The Kier molecular flexibility index (Phi) is 2.43. The van der Waals surface area contributed by atoms with Crippen molar-refractivity contribution < 1.29 is 27.8 Å². The molecule has 0 aliphatic carbocycles. The van der Waals surface area contributed by atoms with Crippen LogP contribution in [0.1, 0.15) is 10.7 Å². The Morgan fingerprint density at radius 3 is 2.88 bits per heavy atom. The van der Waals surface area contributed by atoms with Crippen molar-refractivity contribution in [3.8, 4) is 5.75 Å². The van der Waals surface area contributed by atoms with E-state index >= 15 is 0 Å². The first-order valence-electron chi connectivity index (χ1n) is 4.15. The number of hydrogen-bond donors (Lipinski definition) is 1. The molecule has 0 unspecified atom stereocenters. The summed E-state index contributed by atoms with van der Waals surface area (Å²) in [6.07, 6.45) is 0. The van der Waals surface area contributed by atoms with Gasteiger partial charge in [-0.25, -0.2) is 9.78 Å². The number of aromatic nitrogens is 1. The molecule has 2 rings (SSSR count). The molecule has 1 heterocycles. The molecule has 5 nitrogen and oxygen atoms in total. The molecule has 0 amide bonds. The van der Waals surface area contributed by atoms with E-state index in [0.717, 1.165) is 6.07 Å². The first-order chi connectivity index (χ1) is 7.56. The zero-order valence-electron chi connectivity index (χ0n) is 7.68. The minimum absolute atomic E-state index is 0.0792. The topological polar surface area (TPSA) is 72.6 Å². The number of rotatable bonds is 3. The highest BCUT2D eigenvalue weighted by Gasteiger charge is 2.13. The second-order valence-electron chi connectivity index (χ2n) is 2.83. The molecule has 7 heteroatoms. The molecular weight excluding hydrogens is 224 g/mol. The van der Waals surface area contributed by atoms with E-state index in [1.807, 2.05) is 0 Å². The van der Waals surface area contributed by atoms with Gasteiger partial charge in [0.05, 0.1) is 0 Å². The zero-order valence-corrected chi connectivity index (χ0v) is 7.68. The Balaban J connectivity index is 2.41. The average Bonchev–Trinajstić information content (AvgIpc) is 2.59. The van der Waals surface area contributed by atoms with E-state index in [-0.39, 0.29) is 16.8 Å². The molecule has 0 saturated carbocycles. The summed E-state index contributed by atoms with van der Waals surface area (Å²) in [4.78, 5) is 14.1. The second kappa shape index (κ2) is 3.76. The maximum atomic E-state index is 11.9. The summed E-state index contributed by atoms with van der Waals surface area (Å²) < 4.78 is 32.7. The van der Waals surface area contributed by atoms with E-state index < -0.39 is 18.5 Å². The standard InChI is InChI=1S/C9H5F2NO4/c10-9(11)15-4-1-2-5-6(3-4)16-7(12-5)8(13)14/h1-3,9H,(H,13,14). The van der Waals surface area contributed by atoms with Gasteiger partial charge in [0, 0.05) is 6.07 Å². The van der Waals surface area contributed by atoms with E-state index in [9.17, 15) is 13.6 Å². The summed E-state index contributed by atoms with van der Waals surface area (Å²) in [5, 5.41) is 8.59. The number of carbonyl (C=O) groups is 1. The number of carboxylic acids is 1. The normalized spacial score (nSPS) is 10.9. The molecule has 0 aliphatic heterocycles. The predicted octanol–water partition coefficient (Wildman–Crippen LogP) is 2.13. The van der Waals surface area contributed by atoms with Gasteiger partial charge in [-0.1, -0.05) is 0 Å². The van der Waals surface area contributed by atoms with Crippen molar-refractivity contribution >= 4 is 17.1 Å². The van der Waals surface area contributed by atoms with Crippen LogP contribution in [0.3, 0.4) is 0 Å². The van der Waals surface area contributed by atoms with Crippen molar-refractivity contribution in [1.82, 2.24) is 4.98 Å². The molecule has 0 atom stereocenters. The largest absolute Gasteiger partial charge is 0.474 e. The lowest BCUT2D eigenvalue weighted by atomic mass is 10.3. The minimum atomic E-state index is -2.95. The third-order valence-electron chi connectivity index (χ3n) is 1.77. The first-order valence-corrected chi connectivity index (χ1v) is 4.15. The number of benzene rings is 1. The molecule has 1 N–H and O–H groups in total. The van der Waals surface area contributed by atoms with Gasteiger partial charge in [0.1, 0.15) is 11.3 Å². The summed E-state index contributed by atoms with van der Waals surface area (Å²) in [5.74, 6) is -1.94. The minimum Gasteiger partial charge on any atom is -0.474 e. The Hall–Kier alpha value is -2.18. The highest BCUT2D eigenvalue weighted by atomic mass is 19.3. The van der Waals surface area contributed by atoms with E-state index in [1.54, 1.807) is 0 Å². The van der Waals surface area contributed by atoms with Gasteiger partial charge in [-0.15, -0.1) is 0 Å². The SMILES string of the molecule is O=C(O)c1nc2ccc(OC(F)F)cc2o1. The Bertz CT molecular complexity index is 537.